The highest BCUT2D eigenvalue weighted by Crippen LogP contribution is 2.03. The van der Waals surface area contributed by atoms with Crippen LogP contribution in [0.4, 0.5) is 0 Å². The molecule has 1 rings (SSSR count). The Morgan fingerprint density at radius 3 is 2.85 bits per heavy atom. The maximum Gasteiger partial charge on any atom is 0.0991 e. The Bertz CT molecular complexity index is 291. The predicted octanol–water partition coefficient (Wildman–Crippen LogP) is 2.09. The molecule has 0 fully saturated rings. The van der Waals surface area contributed by atoms with Crippen LogP contribution in [0, 0.1) is 11.3 Å². The SMILES string of the molecule is CCNCc1cccc(C#N)c1.Cl. The molecule has 0 saturated carbocycles. The van der Waals surface area contributed by atoms with Crippen LogP contribution in [0.5, 0.6) is 0 Å². The predicted molar refractivity (Wildman–Crippen MR) is 55.8 cm³/mol. The van der Waals surface area contributed by atoms with Crippen molar-refractivity contribution in [2.45, 2.75) is 13.5 Å². The van der Waals surface area contributed by atoms with E-state index in [-0.39, 0.29) is 12.4 Å². The molecular formula is C10H13ClN2. The van der Waals surface area contributed by atoms with Crippen LogP contribution in [0.1, 0.15) is 18.1 Å². The van der Waals surface area contributed by atoms with Gasteiger partial charge in [0.2, 0.25) is 0 Å². The second kappa shape index (κ2) is 6.47. The minimum atomic E-state index is 0. The van der Waals surface area contributed by atoms with E-state index in [1.165, 1.54) is 0 Å². The Kier molecular flexibility index (Phi) is 5.96. The second-order valence-electron chi connectivity index (χ2n) is 2.59. The van der Waals surface area contributed by atoms with Crippen molar-refractivity contribution in [3.05, 3.63) is 35.4 Å². The van der Waals surface area contributed by atoms with Crippen LogP contribution in [0.15, 0.2) is 24.3 Å². The zero-order valence-corrected chi connectivity index (χ0v) is 8.40. The third-order valence-electron chi connectivity index (χ3n) is 1.64. The number of hydrogen-bond acceptors (Lipinski definition) is 2. The molecule has 0 spiro atoms. The molecule has 70 valence electrons. The first-order valence-corrected chi connectivity index (χ1v) is 4.06. The summed E-state index contributed by atoms with van der Waals surface area (Å²) in [4.78, 5) is 0. The van der Waals surface area contributed by atoms with Gasteiger partial charge in [-0.15, -0.1) is 12.4 Å². The van der Waals surface area contributed by atoms with Crippen LogP contribution in [-0.4, -0.2) is 6.54 Å². The van der Waals surface area contributed by atoms with Gasteiger partial charge in [-0.3, -0.25) is 0 Å². The Hall–Kier alpha value is -1.04. The van der Waals surface area contributed by atoms with Gasteiger partial charge in [-0.2, -0.15) is 5.26 Å². The fourth-order valence-electron chi connectivity index (χ4n) is 1.02. The number of halogens is 1. The van der Waals surface area contributed by atoms with Gasteiger partial charge in [-0.1, -0.05) is 19.1 Å². The first-order valence-electron chi connectivity index (χ1n) is 4.06. The van der Waals surface area contributed by atoms with Crippen molar-refractivity contribution < 1.29 is 0 Å². The van der Waals surface area contributed by atoms with Gasteiger partial charge in [-0.05, 0) is 24.2 Å². The molecule has 0 radical (unpaired) electrons. The van der Waals surface area contributed by atoms with Crippen LogP contribution >= 0.6 is 12.4 Å². The van der Waals surface area contributed by atoms with Crippen molar-refractivity contribution in [3.8, 4) is 6.07 Å². The lowest BCUT2D eigenvalue weighted by atomic mass is 10.1. The summed E-state index contributed by atoms with van der Waals surface area (Å²) >= 11 is 0. The maximum atomic E-state index is 8.62. The number of hydrogen-bond donors (Lipinski definition) is 1. The summed E-state index contributed by atoms with van der Waals surface area (Å²) in [6, 6.07) is 9.76. The Morgan fingerprint density at radius 2 is 2.23 bits per heavy atom. The topological polar surface area (TPSA) is 35.8 Å². The standard InChI is InChI=1S/C10H12N2.ClH/c1-2-12-8-10-5-3-4-9(6-10)7-11;/h3-6,12H,2,8H2,1H3;1H. The lowest BCUT2D eigenvalue weighted by Crippen LogP contribution is -2.11. The molecule has 0 heterocycles. The fourth-order valence-corrected chi connectivity index (χ4v) is 1.02. The molecule has 2 nitrogen and oxygen atoms in total. The van der Waals surface area contributed by atoms with Crippen molar-refractivity contribution in [1.29, 1.82) is 5.26 Å². The van der Waals surface area contributed by atoms with Gasteiger partial charge >= 0.3 is 0 Å². The van der Waals surface area contributed by atoms with Crippen LogP contribution in [-0.2, 0) is 6.54 Å². The molecule has 0 bridgehead atoms. The minimum absolute atomic E-state index is 0. The van der Waals surface area contributed by atoms with Crippen LogP contribution in [0.3, 0.4) is 0 Å². The highest BCUT2D eigenvalue weighted by molar-refractivity contribution is 5.85. The average molecular weight is 197 g/mol. The number of benzene rings is 1. The molecule has 0 saturated heterocycles. The van der Waals surface area contributed by atoms with Gasteiger partial charge in [0.15, 0.2) is 0 Å². The van der Waals surface area contributed by atoms with Crippen LogP contribution in [0.25, 0.3) is 0 Å². The number of nitrogens with one attached hydrogen (secondary N) is 1. The molecule has 0 aromatic heterocycles. The van der Waals surface area contributed by atoms with E-state index in [1.807, 2.05) is 24.3 Å². The van der Waals surface area contributed by atoms with E-state index >= 15 is 0 Å². The fraction of sp³-hybridized carbons (Fsp3) is 0.300. The van der Waals surface area contributed by atoms with Gasteiger partial charge < -0.3 is 5.32 Å². The maximum absolute atomic E-state index is 8.62. The summed E-state index contributed by atoms with van der Waals surface area (Å²) in [7, 11) is 0. The van der Waals surface area contributed by atoms with E-state index in [0.29, 0.717) is 0 Å². The van der Waals surface area contributed by atoms with Crippen molar-refractivity contribution in [2.24, 2.45) is 0 Å². The summed E-state index contributed by atoms with van der Waals surface area (Å²) in [6.07, 6.45) is 0. The largest absolute Gasteiger partial charge is 0.313 e. The van der Waals surface area contributed by atoms with Gasteiger partial charge in [0.25, 0.3) is 0 Å². The molecule has 1 N–H and O–H groups in total. The summed E-state index contributed by atoms with van der Waals surface area (Å²) in [5, 5.41) is 11.8. The molecule has 0 aliphatic rings. The average Bonchev–Trinajstić information content (AvgIpc) is 2.15. The Morgan fingerprint density at radius 1 is 1.46 bits per heavy atom. The zero-order chi connectivity index (χ0) is 8.81. The number of rotatable bonds is 3. The van der Waals surface area contributed by atoms with Crippen LogP contribution < -0.4 is 5.32 Å². The smallest absolute Gasteiger partial charge is 0.0991 e. The third kappa shape index (κ3) is 3.93. The quantitative estimate of drug-likeness (QED) is 0.804. The van der Waals surface area contributed by atoms with Crippen molar-refractivity contribution in [1.82, 2.24) is 5.32 Å². The summed E-state index contributed by atoms with van der Waals surface area (Å²) < 4.78 is 0. The van der Waals surface area contributed by atoms with Crippen molar-refractivity contribution >= 4 is 12.4 Å². The molecule has 0 unspecified atom stereocenters. The van der Waals surface area contributed by atoms with E-state index in [0.717, 1.165) is 24.2 Å². The molecule has 0 aliphatic carbocycles. The number of nitriles is 1. The van der Waals surface area contributed by atoms with Crippen molar-refractivity contribution in [3.63, 3.8) is 0 Å². The van der Waals surface area contributed by atoms with Gasteiger partial charge in [0.05, 0.1) is 11.6 Å². The number of nitrogens with zero attached hydrogens (tertiary/aromatic N) is 1. The Labute approximate surface area is 85.0 Å². The summed E-state index contributed by atoms with van der Waals surface area (Å²) in [5.74, 6) is 0. The highest BCUT2D eigenvalue weighted by Gasteiger charge is 1.92. The monoisotopic (exact) mass is 196 g/mol. The minimum Gasteiger partial charge on any atom is -0.313 e. The van der Waals surface area contributed by atoms with E-state index in [1.54, 1.807) is 0 Å². The molecule has 1 aromatic rings. The van der Waals surface area contributed by atoms with Gasteiger partial charge in [0.1, 0.15) is 0 Å². The second-order valence-corrected chi connectivity index (χ2v) is 2.59. The summed E-state index contributed by atoms with van der Waals surface area (Å²) in [5.41, 5.74) is 1.89. The van der Waals surface area contributed by atoms with E-state index in [9.17, 15) is 0 Å². The molecule has 0 aliphatic heterocycles. The van der Waals surface area contributed by atoms with E-state index in [4.69, 9.17) is 5.26 Å². The lowest BCUT2D eigenvalue weighted by Gasteiger charge is -2.00. The van der Waals surface area contributed by atoms with Crippen molar-refractivity contribution in [2.75, 3.05) is 6.54 Å². The normalized spacial score (nSPS) is 8.62. The third-order valence-corrected chi connectivity index (χ3v) is 1.64. The van der Waals surface area contributed by atoms with Crippen LogP contribution in [0.2, 0.25) is 0 Å². The van der Waals surface area contributed by atoms with Gasteiger partial charge in [-0.25, -0.2) is 0 Å². The van der Waals surface area contributed by atoms with E-state index in [2.05, 4.69) is 18.3 Å². The molecule has 13 heavy (non-hydrogen) atoms. The summed E-state index contributed by atoms with van der Waals surface area (Å²) in [6.45, 7) is 3.86. The lowest BCUT2D eigenvalue weighted by molar-refractivity contribution is 0.727. The van der Waals surface area contributed by atoms with Gasteiger partial charge in [0, 0.05) is 6.54 Å². The molecular weight excluding hydrogens is 184 g/mol. The first-order chi connectivity index (χ1) is 5.86. The van der Waals surface area contributed by atoms with E-state index < -0.39 is 0 Å². The molecule has 3 heteroatoms. The molecule has 0 amide bonds. The molecule has 0 atom stereocenters. The Balaban J connectivity index is 0.00000144. The first kappa shape index (κ1) is 12.0. The highest BCUT2D eigenvalue weighted by atomic mass is 35.5. The molecule has 1 aromatic carbocycles. The zero-order valence-electron chi connectivity index (χ0n) is 7.58.